The van der Waals surface area contributed by atoms with Crippen molar-refractivity contribution in [1.82, 2.24) is 9.55 Å². The van der Waals surface area contributed by atoms with Gasteiger partial charge in [-0.1, -0.05) is 56.5 Å². The molecule has 1 heterocycles. The number of anilines is 2. The minimum atomic E-state index is -0.681. The Kier molecular flexibility index (Phi) is 7.93. The first-order chi connectivity index (χ1) is 13.6. The Morgan fingerprint density at radius 1 is 1.28 bits per heavy atom. The number of benzene rings is 1. The number of H-pyrrole nitrogens is 1. The maximum Gasteiger partial charge on any atom is 0.330 e. The van der Waals surface area contributed by atoms with Crippen LogP contribution in [0.5, 0.6) is 0 Å². The van der Waals surface area contributed by atoms with E-state index in [1.165, 1.54) is 9.47 Å². The second-order valence-corrected chi connectivity index (χ2v) is 8.15. The van der Waals surface area contributed by atoms with Crippen molar-refractivity contribution in [3.8, 4) is 0 Å². The molecule has 0 aliphatic heterocycles. The number of unbranched alkanes of at least 4 members (excludes halogenated alkanes) is 1. The lowest BCUT2D eigenvalue weighted by molar-refractivity contribution is -0.118. The van der Waals surface area contributed by atoms with Crippen molar-refractivity contribution in [2.24, 2.45) is 5.92 Å². The maximum atomic E-state index is 13.1. The van der Waals surface area contributed by atoms with E-state index >= 15 is 0 Å². The highest BCUT2D eigenvalue weighted by Crippen LogP contribution is 2.24. The first-order valence-corrected chi connectivity index (χ1v) is 10.3. The van der Waals surface area contributed by atoms with Gasteiger partial charge in [0, 0.05) is 23.1 Å². The number of aromatic nitrogens is 2. The van der Waals surface area contributed by atoms with Crippen LogP contribution in [-0.4, -0.2) is 22.0 Å². The number of hydrogen-bond donors (Lipinski definition) is 2. The summed E-state index contributed by atoms with van der Waals surface area (Å²) < 4.78 is 1.29. The molecule has 1 aromatic carbocycles. The monoisotopic (exact) mass is 440 g/mol. The number of nitrogens with one attached hydrogen (secondary N) is 1. The summed E-state index contributed by atoms with van der Waals surface area (Å²) >= 11 is 12.1. The number of carbonyl (C=O) groups is 1. The number of rotatable bonds is 8. The molecule has 9 heteroatoms. The van der Waals surface area contributed by atoms with Gasteiger partial charge in [-0.25, -0.2) is 4.79 Å². The van der Waals surface area contributed by atoms with E-state index in [0.717, 1.165) is 6.42 Å². The molecule has 0 unspecified atom stereocenters. The molecule has 3 N–H and O–H groups in total. The van der Waals surface area contributed by atoms with Gasteiger partial charge >= 0.3 is 5.69 Å². The summed E-state index contributed by atoms with van der Waals surface area (Å²) in [5.74, 6) is -0.227. The number of amides is 1. The standard InChI is InChI=1S/C20H26Cl2N4O3/c1-4-5-8-25(16(27)9-13-6-7-14(21)10-15(13)22)17-18(23)26(11-12(2)3)20(29)24-19(17)28/h6-7,10,12H,4-5,8-9,11,23H2,1-3H3,(H,24,28,29). The second-order valence-electron chi connectivity index (χ2n) is 7.31. The Bertz CT molecular complexity index is 998. The van der Waals surface area contributed by atoms with Crippen LogP contribution in [0.25, 0.3) is 0 Å². The summed E-state index contributed by atoms with van der Waals surface area (Å²) in [5.41, 5.74) is 5.51. The summed E-state index contributed by atoms with van der Waals surface area (Å²) in [7, 11) is 0. The lowest BCUT2D eigenvalue weighted by atomic mass is 10.1. The number of aromatic amines is 1. The Hall–Kier alpha value is -2.25. The van der Waals surface area contributed by atoms with Crippen molar-refractivity contribution < 1.29 is 4.79 Å². The third kappa shape index (κ3) is 5.64. The lowest BCUT2D eigenvalue weighted by Gasteiger charge is -2.25. The highest BCUT2D eigenvalue weighted by Gasteiger charge is 2.24. The molecule has 158 valence electrons. The van der Waals surface area contributed by atoms with Gasteiger partial charge in [-0.05, 0) is 30.0 Å². The molecule has 29 heavy (non-hydrogen) atoms. The Labute approximate surface area is 179 Å². The van der Waals surface area contributed by atoms with Gasteiger partial charge < -0.3 is 10.6 Å². The number of halogens is 2. The molecule has 1 aromatic heterocycles. The van der Waals surface area contributed by atoms with Gasteiger partial charge in [-0.15, -0.1) is 0 Å². The number of nitrogens with zero attached hydrogens (tertiary/aromatic N) is 2. The van der Waals surface area contributed by atoms with Gasteiger partial charge in [0.05, 0.1) is 6.42 Å². The average molecular weight is 441 g/mol. The number of hydrogen-bond acceptors (Lipinski definition) is 4. The number of nitrogen functional groups attached to an aromatic ring is 1. The zero-order chi connectivity index (χ0) is 21.7. The zero-order valence-electron chi connectivity index (χ0n) is 16.8. The van der Waals surface area contributed by atoms with E-state index in [4.69, 9.17) is 28.9 Å². The third-order valence-electron chi connectivity index (χ3n) is 4.42. The van der Waals surface area contributed by atoms with Crippen LogP contribution in [0, 0.1) is 5.92 Å². The first kappa shape index (κ1) is 23.0. The van der Waals surface area contributed by atoms with Crippen LogP contribution >= 0.6 is 23.2 Å². The molecule has 7 nitrogen and oxygen atoms in total. The van der Waals surface area contributed by atoms with Crippen molar-refractivity contribution in [2.75, 3.05) is 17.2 Å². The van der Waals surface area contributed by atoms with E-state index < -0.39 is 11.2 Å². The largest absolute Gasteiger partial charge is 0.383 e. The average Bonchev–Trinajstić information content (AvgIpc) is 2.63. The predicted octanol–water partition coefficient (Wildman–Crippen LogP) is 3.46. The van der Waals surface area contributed by atoms with Crippen LogP contribution in [0.2, 0.25) is 10.0 Å². The number of carbonyl (C=O) groups excluding carboxylic acids is 1. The van der Waals surface area contributed by atoms with Gasteiger partial charge in [-0.3, -0.25) is 19.1 Å². The van der Waals surface area contributed by atoms with Gasteiger partial charge in [0.2, 0.25) is 5.91 Å². The Balaban J connectivity index is 2.50. The van der Waals surface area contributed by atoms with Crippen LogP contribution in [0.3, 0.4) is 0 Å². The molecule has 2 rings (SSSR count). The predicted molar refractivity (Wildman–Crippen MR) is 118 cm³/mol. The van der Waals surface area contributed by atoms with Crippen molar-refractivity contribution in [2.45, 2.75) is 46.6 Å². The highest BCUT2D eigenvalue weighted by molar-refractivity contribution is 6.35. The SMILES string of the molecule is CCCCN(C(=O)Cc1ccc(Cl)cc1Cl)c1c(N)n(CC(C)C)c(=O)[nH]c1=O. The van der Waals surface area contributed by atoms with E-state index in [-0.39, 0.29) is 29.8 Å². The fourth-order valence-electron chi connectivity index (χ4n) is 2.99. The molecule has 0 fully saturated rings. The van der Waals surface area contributed by atoms with E-state index in [0.29, 0.717) is 35.1 Å². The molecule has 2 aromatic rings. The van der Waals surface area contributed by atoms with E-state index in [1.54, 1.807) is 18.2 Å². The molecule has 0 spiro atoms. The molecule has 1 amide bonds. The quantitative estimate of drug-likeness (QED) is 0.655. The topological polar surface area (TPSA) is 101 Å². The minimum absolute atomic E-state index is 0.00575. The van der Waals surface area contributed by atoms with Gasteiger partial charge in [0.25, 0.3) is 5.56 Å². The van der Waals surface area contributed by atoms with Crippen LogP contribution in [0.4, 0.5) is 11.5 Å². The molecule has 0 atom stereocenters. The zero-order valence-corrected chi connectivity index (χ0v) is 18.3. The summed E-state index contributed by atoms with van der Waals surface area (Å²) in [6.07, 6.45) is 1.46. The maximum absolute atomic E-state index is 13.1. The van der Waals surface area contributed by atoms with Crippen LogP contribution in [-0.2, 0) is 17.8 Å². The molecular formula is C20H26Cl2N4O3. The molecule has 0 bridgehead atoms. The fourth-order valence-corrected chi connectivity index (χ4v) is 3.46. The first-order valence-electron chi connectivity index (χ1n) is 9.52. The summed E-state index contributed by atoms with van der Waals surface area (Å²) in [4.78, 5) is 41.5. The molecule has 0 saturated carbocycles. The molecular weight excluding hydrogens is 415 g/mol. The molecule has 0 aliphatic rings. The van der Waals surface area contributed by atoms with Gasteiger partial charge in [-0.2, -0.15) is 0 Å². The van der Waals surface area contributed by atoms with Crippen LogP contribution < -0.4 is 21.9 Å². The summed E-state index contributed by atoms with van der Waals surface area (Å²) in [6.45, 7) is 6.46. The molecule has 0 radical (unpaired) electrons. The second kappa shape index (κ2) is 9.98. The van der Waals surface area contributed by atoms with Gasteiger partial charge in [0.15, 0.2) is 5.69 Å². The van der Waals surface area contributed by atoms with E-state index in [2.05, 4.69) is 4.98 Å². The number of nitrogens with two attached hydrogens (primary N) is 1. The highest BCUT2D eigenvalue weighted by atomic mass is 35.5. The fraction of sp³-hybridized carbons (Fsp3) is 0.450. The van der Waals surface area contributed by atoms with Crippen LogP contribution in [0.15, 0.2) is 27.8 Å². The normalized spacial score (nSPS) is 11.1. The molecule has 0 aliphatic carbocycles. The smallest absolute Gasteiger partial charge is 0.330 e. The van der Waals surface area contributed by atoms with Crippen molar-refractivity contribution >= 4 is 40.6 Å². The third-order valence-corrected chi connectivity index (χ3v) is 5.01. The van der Waals surface area contributed by atoms with Gasteiger partial charge in [0.1, 0.15) is 5.82 Å². The minimum Gasteiger partial charge on any atom is -0.383 e. The van der Waals surface area contributed by atoms with Crippen LogP contribution in [0.1, 0.15) is 39.2 Å². The van der Waals surface area contributed by atoms with Crippen molar-refractivity contribution in [1.29, 1.82) is 0 Å². The lowest BCUT2D eigenvalue weighted by Crippen LogP contribution is -2.42. The van der Waals surface area contributed by atoms with Crippen molar-refractivity contribution in [3.63, 3.8) is 0 Å². The summed E-state index contributed by atoms with van der Waals surface area (Å²) in [6, 6.07) is 4.89. The Morgan fingerprint density at radius 3 is 2.55 bits per heavy atom. The van der Waals surface area contributed by atoms with E-state index in [9.17, 15) is 14.4 Å². The summed E-state index contributed by atoms with van der Waals surface area (Å²) in [5, 5.41) is 0.837. The Morgan fingerprint density at radius 2 is 1.97 bits per heavy atom. The van der Waals surface area contributed by atoms with E-state index in [1.807, 2.05) is 20.8 Å². The van der Waals surface area contributed by atoms with Crippen molar-refractivity contribution in [3.05, 3.63) is 54.6 Å². The molecule has 0 saturated heterocycles.